The Labute approximate surface area is 158 Å². The summed E-state index contributed by atoms with van der Waals surface area (Å²) in [5.74, 6) is 2.25. The van der Waals surface area contributed by atoms with Gasteiger partial charge >= 0.3 is 5.69 Å². The number of aromatic amines is 1. The molecule has 2 aliphatic rings. The van der Waals surface area contributed by atoms with Gasteiger partial charge in [-0.25, -0.2) is 9.89 Å². The van der Waals surface area contributed by atoms with Crippen LogP contribution in [0.25, 0.3) is 0 Å². The molecular formula is C19H27N5O3. The summed E-state index contributed by atoms with van der Waals surface area (Å²) in [5.41, 5.74) is -0.160. The summed E-state index contributed by atoms with van der Waals surface area (Å²) in [7, 11) is 0. The lowest BCUT2D eigenvalue weighted by Crippen LogP contribution is -2.38. The van der Waals surface area contributed by atoms with Crippen LogP contribution in [-0.4, -0.2) is 56.7 Å². The first-order chi connectivity index (χ1) is 13.2. The molecular weight excluding hydrogens is 346 g/mol. The summed E-state index contributed by atoms with van der Waals surface area (Å²) < 4.78 is 7.50. The summed E-state index contributed by atoms with van der Waals surface area (Å²) in [6, 6.07) is 3.71. The van der Waals surface area contributed by atoms with E-state index in [-0.39, 0.29) is 17.5 Å². The normalized spacial score (nSPS) is 19.1. The number of carbonyl (C=O) groups is 1. The van der Waals surface area contributed by atoms with Crippen molar-refractivity contribution in [3.05, 3.63) is 40.0 Å². The molecule has 0 unspecified atom stereocenters. The lowest BCUT2D eigenvalue weighted by molar-refractivity contribution is 0.0674. The van der Waals surface area contributed by atoms with Crippen molar-refractivity contribution in [2.24, 2.45) is 0 Å². The Bertz CT molecular complexity index is 838. The minimum absolute atomic E-state index is 0.0453. The Morgan fingerprint density at radius 1 is 1.22 bits per heavy atom. The monoisotopic (exact) mass is 373 g/mol. The molecule has 2 aromatic heterocycles. The van der Waals surface area contributed by atoms with Crippen LogP contribution in [0, 0.1) is 0 Å². The van der Waals surface area contributed by atoms with Crippen molar-refractivity contribution in [3.63, 3.8) is 0 Å². The number of rotatable bonds is 5. The number of furan rings is 1. The van der Waals surface area contributed by atoms with Gasteiger partial charge in [0.1, 0.15) is 11.6 Å². The van der Waals surface area contributed by atoms with Gasteiger partial charge in [0.15, 0.2) is 5.76 Å². The van der Waals surface area contributed by atoms with E-state index in [0.29, 0.717) is 25.4 Å². The Morgan fingerprint density at radius 3 is 2.67 bits per heavy atom. The number of hydrogen-bond donors (Lipinski definition) is 1. The number of amides is 1. The third-order valence-electron chi connectivity index (χ3n) is 5.70. The highest BCUT2D eigenvalue weighted by Crippen LogP contribution is 2.27. The third kappa shape index (κ3) is 3.71. The third-order valence-corrected chi connectivity index (χ3v) is 5.70. The minimum Gasteiger partial charge on any atom is -0.455 e. The molecule has 0 aromatic carbocycles. The molecule has 8 nitrogen and oxygen atoms in total. The van der Waals surface area contributed by atoms with Crippen LogP contribution < -0.4 is 5.69 Å². The van der Waals surface area contributed by atoms with Gasteiger partial charge in [-0.05, 0) is 57.8 Å². The average molecular weight is 373 g/mol. The van der Waals surface area contributed by atoms with Gasteiger partial charge in [0.25, 0.3) is 5.91 Å². The van der Waals surface area contributed by atoms with Crippen LogP contribution in [0.5, 0.6) is 0 Å². The zero-order chi connectivity index (χ0) is 18.8. The van der Waals surface area contributed by atoms with Crippen LogP contribution in [0.15, 0.2) is 21.3 Å². The van der Waals surface area contributed by atoms with Gasteiger partial charge in [-0.1, -0.05) is 0 Å². The second-order valence-electron chi connectivity index (χ2n) is 7.45. The van der Waals surface area contributed by atoms with E-state index in [1.807, 2.05) is 17.9 Å². The summed E-state index contributed by atoms with van der Waals surface area (Å²) in [6.45, 7) is 6.84. The van der Waals surface area contributed by atoms with Crippen molar-refractivity contribution < 1.29 is 9.21 Å². The Balaban J connectivity index is 1.36. The first kappa shape index (κ1) is 18.0. The van der Waals surface area contributed by atoms with Crippen molar-refractivity contribution >= 4 is 5.91 Å². The molecule has 8 heteroatoms. The van der Waals surface area contributed by atoms with E-state index in [2.05, 4.69) is 15.1 Å². The molecule has 1 amide bonds. The molecule has 0 radical (unpaired) electrons. The number of aromatic nitrogens is 3. The van der Waals surface area contributed by atoms with E-state index < -0.39 is 0 Å². The van der Waals surface area contributed by atoms with Gasteiger partial charge < -0.3 is 9.32 Å². The van der Waals surface area contributed by atoms with Crippen molar-refractivity contribution in [3.8, 4) is 0 Å². The topological polar surface area (TPSA) is 87.4 Å². The molecule has 0 bridgehead atoms. The molecule has 0 spiro atoms. The number of carbonyl (C=O) groups excluding carboxylic acids is 1. The van der Waals surface area contributed by atoms with Crippen LogP contribution in [0.3, 0.4) is 0 Å². The summed E-state index contributed by atoms with van der Waals surface area (Å²) in [6.07, 6.45) is 4.08. The predicted molar refractivity (Wildman–Crippen MR) is 99.6 cm³/mol. The smallest absolute Gasteiger partial charge is 0.343 e. The lowest BCUT2D eigenvalue weighted by Gasteiger charge is -2.31. The molecule has 0 aliphatic carbocycles. The molecule has 0 atom stereocenters. The standard InChI is InChI=1S/C19H27N5O3/c1-2-24-17(20-21-19(24)26)14-7-11-23(12-8-14)18(25)16-6-5-15(27-16)13-22-9-3-4-10-22/h5-6,14H,2-4,7-13H2,1H3,(H,21,26). The number of piperidine rings is 1. The molecule has 2 saturated heterocycles. The lowest BCUT2D eigenvalue weighted by atomic mass is 9.95. The Kier molecular flexibility index (Phi) is 5.15. The van der Waals surface area contributed by atoms with E-state index in [1.54, 1.807) is 10.6 Å². The molecule has 2 aliphatic heterocycles. The summed E-state index contributed by atoms with van der Waals surface area (Å²) in [4.78, 5) is 28.7. The maximum Gasteiger partial charge on any atom is 0.343 e. The second-order valence-corrected chi connectivity index (χ2v) is 7.45. The van der Waals surface area contributed by atoms with Gasteiger partial charge in [-0.2, -0.15) is 5.10 Å². The fraction of sp³-hybridized carbons (Fsp3) is 0.632. The van der Waals surface area contributed by atoms with Crippen molar-refractivity contribution in [1.82, 2.24) is 24.6 Å². The van der Waals surface area contributed by atoms with Crippen LogP contribution in [-0.2, 0) is 13.1 Å². The molecule has 4 heterocycles. The molecule has 4 rings (SSSR count). The second kappa shape index (κ2) is 7.72. The van der Waals surface area contributed by atoms with Crippen LogP contribution in [0.1, 0.15) is 60.7 Å². The number of H-pyrrole nitrogens is 1. The van der Waals surface area contributed by atoms with Crippen molar-refractivity contribution in [1.29, 1.82) is 0 Å². The van der Waals surface area contributed by atoms with Gasteiger partial charge in [0.05, 0.1) is 6.54 Å². The van der Waals surface area contributed by atoms with Gasteiger partial charge in [0, 0.05) is 25.6 Å². The average Bonchev–Trinajstić information content (AvgIpc) is 3.43. The van der Waals surface area contributed by atoms with Crippen LogP contribution >= 0.6 is 0 Å². The molecule has 0 saturated carbocycles. The summed E-state index contributed by atoms with van der Waals surface area (Å²) >= 11 is 0. The molecule has 146 valence electrons. The quantitative estimate of drug-likeness (QED) is 0.863. The Morgan fingerprint density at radius 2 is 1.96 bits per heavy atom. The van der Waals surface area contributed by atoms with Gasteiger partial charge in [-0.3, -0.25) is 14.3 Å². The SMILES string of the molecule is CCn1c(C2CCN(C(=O)c3ccc(CN4CCCC4)o3)CC2)n[nH]c1=O. The van der Waals surface area contributed by atoms with E-state index in [0.717, 1.165) is 44.1 Å². The highest BCUT2D eigenvalue weighted by Gasteiger charge is 2.29. The number of likely N-dealkylation sites (tertiary alicyclic amines) is 2. The molecule has 2 fully saturated rings. The molecule has 2 aromatic rings. The maximum absolute atomic E-state index is 12.8. The van der Waals surface area contributed by atoms with E-state index in [1.165, 1.54) is 12.8 Å². The fourth-order valence-corrected chi connectivity index (χ4v) is 4.18. The first-order valence-corrected chi connectivity index (χ1v) is 9.91. The predicted octanol–water partition coefficient (Wildman–Crippen LogP) is 1.80. The highest BCUT2D eigenvalue weighted by atomic mass is 16.4. The van der Waals surface area contributed by atoms with Crippen LogP contribution in [0.2, 0.25) is 0 Å². The van der Waals surface area contributed by atoms with Crippen LogP contribution in [0.4, 0.5) is 0 Å². The zero-order valence-electron chi connectivity index (χ0n) is 15.8. The van der Waals surface area contributed by atoms with E-state index >= 15 is 0 Å². The van der Waals surface area contributed by atoms with Gasteiger partial charge in [-0.15, -0.1) is 0 Å². The van der Waals surface area contributed by atoms with E-state index in [9.17, 15) is 9.59 Å². The highest BCUT2D eigenvalue weighted by molar-refractivity contribution is 5.91. The Hall–Kier alpha value is -2.35. The zero-order valence-corrected chi connectivity index (χ0v) is 15.8. The minimum atomic E-state index is -0.160. The maximum atomic E-state index is 12.8. The summed E-state index contributed by atoms with van der Waals surface area (Å²) in [5, 5.41) is 6.72. The van der Waals surface area contributed by atoms with Gasteiger partial charge in [0.2, 0.25) is 0 Å². The molecule has 1 N–H and O–H groups in total. The first-order valence-electron chi connectivity index (χ1n) is 9.91. The number of hydrogen-bond acceptors (Lipinski definition) is 5. The largest absolute Gasteiger partial charge is 0.455 e. The molecule has 27 heavy (non-hydrogen) atoms. The van der Waals surface area contributed by atoms with Crippen molar-refractivity contribution in [2.75, 3.05) is 26.2 Å². The number of nitrogens with one attached hydrogen (secondary N) is 1. The van der Waals surface area contributed by atoms with Crippen molar-refractivity contribution in [2.45, 2.75) is 51.6 Å². The fourth-order valence-electron chi connectivity index (χ4n) is 4.18. The van der Waals surface area contributed by atoms with E-state index in [4.69, 9.17) is 4.42 Å². The number of nitrogens with zero attached hydrogens (tertiary/aromatic N) is 4.